The van der Waals surface area contributed by atoms with E-state index in [4.69, 9.17) is 0 Å². The van der Waals surface area contributed by atoms with Gasteiger partial charge in [-0.15, -0.1) is 0 Å². The van der Waals surface area contributed by atoms with E-state index in [2.05, 4.69) is 25.7 Å². The minimum Gasteiger partial charge on any atom is -0.361 e. The van der Waals surface area contributed by atoms with Crippen LogP contribution in [0.5, 0.6) is 0 Å². The first-order chi connectivity index (χ1) is 8.86. The molecule has 0 atom stereocenters. The Morgan fingerprint density at radius 3 is 3.06 bits per heavy atom. The zero-order valence-corrected chi connectivity index (χ0v) is 10.7. The average molecular weight is 256 g/mol. The topological polar surface area (TPSA) is 50.7 Å². The Kier molecular flexibility index (Phi) is 2.90. The lowest BCUT2D eigenvalue weighted by Gasteiger charge is -1.99. The van der Waals surface area contributed by atoms with Crippen molar-refractivity contribution in [3.05, 3.63) is 36.5 Å². The van der Waals surface area contributed by atoms with E-state index in [0.717, 1.165) is 34.0 Å². The highest BCUT2D eigenvalue weighted by Gasteiger charge is 2.07. The maximum atomic E-state index is 4.43. The van der Waals surface area contributed by atoms with Gasteiger partial charge in [-0.05, 0) is 19.1 Å². The Hall–Kier alpha value is -2.01. The monoisotopic (exact) mass is 256 g/mol. The van der Waals surface area contributed by atoms with Gasteiger partial charge in [0, 0.05) is 35.2 Å². The van der Waals surface area contributed by atoms with Crippen LogP contribution in [0.4, 0.5) is 5.13 Å². The number of anilines is 1. The van der Waals surface area contributed by atoms with E-state index in [1.54, 1.807) is 0 Å². The number of hydrogen-bond donors (Lipinski definition) is 1. The molecule has 0 amide bonds. The number of aromatic nitrogens is 3. The van der Waals surface area contributed by atoms with Gasteiger partial charge in [0.25, 0.3) is 0 Å². The van der Waals surface area contributed by atoms with E-state index >= 15 is 0 Å². The number of nitrogens with one attached hydrogen (secondary N) is 1. The first-order valence-electron chi connectivity index (χ1n) is 5.79. The van der Waals surface area contributed by atoms with E-state index in [9.17, 15) is 0 Å². The van der Waals surface area contributed by atoms with Crippen LogP contribution < -0.4 is 5.32 Å². The second-order valence-electron chi connectivity index (χ2n) is 3.87. The summed E-state index contributed by atoms with van der Waals surface area (Å²) in [6.45, 7) is 2.89. The molecule has 0 aliphatic heterocycles. The van der Waals surface area contributed by atoms with Gasteiger partial charge in [-0.3, -0.25) is 4.98 Å². The first-order valence-corrected chi connectivity index (χ1v) is 6.57. The van der Waals surface area contributed by atoms with Crippen LogP contribution in [-0.2, 0) is 0 Å². The van der Waals surface area contributed by atoms with Gasteiger partial charge in [-0.1, -0.05) is 18.2 Å². The highest BCUT2D eigenvalue weighted by atomic mass is 32.1. The number of benzene rings is 1. The van der Waals surface area contributed by atoms with Crippen molar-refractivity contribution in [2.75, 3.05) is 11.9 Å². The third-order valence-corrected chi connectivity index (χ3v) is 3.28. The molecule has 0 saturated carbocycles. The number of hydrogen-bond acceptors (Lipinski definition) is 5. The van der Waals surface area contributed by atoms with Crippen LogP contribution in [-0.4, -0.2) is 20.9 Å². The van der Waals surface area contributed by atoms with Gasteiger partial charge >= 0.3 is 0 Å². The molecule has 0 bridgehead atoms. The third kappa shape index (κ3) is 2.04. The second-order valence-corrected chi connectivity index (χ2v) is 4.62. The summed E-state index contributed by atoms with van der Waals surface area (Å²) in [7, 11) is 0. The minimum atomic E-state index is 0.731. The van der Waals surface area contributed by atoms with Crippen molar-refractivity contribution in [3.8, 4) is 11.4 Å². The van der Waals surface area contributed by atoms with Crippen LogP contribution in [0.1, 0.15) is 6.92 Å². The number of pyridine rings is 1. The van der Waals surface area contributed by atoms with E-state index in [0.29, 0.717) is 0 Å². The predicted molar refractivity (Wildman–Crippen MR) is 74.8 cm³/mol. The Labute approximate surface area is 109 Å². The molecule has 0 radical (unpaired) electrons. The maximum Gasteiger partial charge on any atom is 0.202 e. The van der Waals surface area contributed by atoms with Crippen molar-refractivity contribution < 1.29 is 0 Å². The molecule has 5 heteroatoms. The summed E-state index contributed by atoms with van der Waals surface area (Å²) < 4.78 is 4.34. The summed E-state index contributed by atoms with van der Waals surface area (Å²) in [5.41, 5.74) is 1.94. The van der Waals surface area contributed by atoms with Crippen molar-refractivity contribution in [3.63, 3.8) is 0 Å². The smallest absolute Gasteiger partial charge is 0.202 e. The van der Waals surface area contributed by atoms with Crippen LogP contribution in [0.3, 0.4) is 0 Å². The van der Waals surface area contributed by atoms with Crippen LogP contribution >= 0.6 is 11.5 Å². The minimum absolute atomic E-state index is 0.731. The molecule has 4 nitrogen and oxygen atoms in total. The lowest BCUT2D eigenvalue weighted by Crippen LogP contribution is -1.95. The summed E-state index contributed by atoms with van der Waals surface area (Å²) in [4.78, 5) is 8.85. The largest absolute Gasteiger partial charge is 0.361 e. The number of rotatable bonds is 3. The number of nitrogens with zero attached hydrogens (tertiary/aromatic N) is 3. The molecule has 18 heavy (non-hydrogen) atoms. The summed E-state index contributed by atoms with van der Waals surface area (Å²) in [5, 5.41) is 5.11. The lowest BCUT2D eigenvalue weighted by atomic mass is 10.1. The molecule has 0 aliphatic carbocycles. The average Bonchev–Trinajstić information content (AvgIpc) is 2.87. The summed E-state index contributed by atoms with van der Waals surface area (Å²) in [5.74, 6) is 0.731. The van der Waals surface area contributed by atoms with E-state index in [-0.39, 0.29) is 0 Å². The van der Waals surface area contributed by atoms with Crippen molar-refractivity contribution in [2.24, 2.45) is 0 Å². The van der Waals surface area contributed by atoms with Gasteiger partial charge in [-0.25, -0.2) is 0 Å². The summed E-state index contributed by atoms with van der Waals surface area (Å²) >= 11 is 1.37. The van der Waals surface area contributed by atoms with Crippen LogP contribution in [0, 0.1) is 0 Å². The number of fused-ring (bicyclic) bond motifs is 1. The normalized spacial score (nSPS) is 10.7. The van der Waals surface area contributed by atoms with Gasteiger partial charge < -0.3 is 5.32 Å². The second kappa shape index (κ2) is 4.70. The first kappa shape index (κ1) is 11.1. The standard InChI is InChI=1S/C13H12N4S/c1-2-14-13-16-12(17-18-13)10-7-9-5-3-4-6-11(9)15-8-10/h3-8H,2H2,1H3,(H,14,16,17). The fraction of sp³-hybridized carbons (Fsp3) is 0.154. The van der Waals surface area contributed by atoms with Crippen LogP contribution in [0.25, 0.3) is 22.3 Å². The zero-order valence-electron chi connectivity index (χ0n) is 9.92. The highest BCUT2D eigenvalue weighted by Crippen LogP contribution is 2.23. The molecule has 2 heterocycles. The van der Waals surface area contributed by atoms with Gasteiger partial charge in [0.15, 0.2) is 5.82 Å². The van der Waals surface area contributed by atoms with Gasteiger partial charge in [0.2, 0.25) is 5.13 Å². The highest BCUT2D eigenvalue weighted by molar-refractivity contribution is 7.09. The maximum absolute atomic E-state index is 4.43. The molecule has 90 valence electrons. The Balaban J connectivity index is 2.02. The predicted octanol–water partition coefficient (Wildman–Crippen LogP) is 3.19. The van der Waals surface area contributed by atoms with Gasteiger partial charge in [-0.2, -0.15) is 9.36 Å². The van der Waals surface area contributed by atoms with Gasteiger partial charge in [0.05, 0.1) is 5.52 Å². The molecule has 0 fully saturated rings. The molecule has 0 aliphatic rings. The Morgan fingerprint density at radius 2 is 2.17 bits per heavy atom. The van der Waals surface area contributed by atoms with Crippen molar-refractivity contribution >= 4 is 27.6 Å². The van der Waals surface area contributed by atoms with E-state index in [1.807, 2.05) is 37.4 Å². The fourth-order valence-corrected chi connectivity index (χ4v) is 2.41. The fourth-order valence-electron chi connectivity index (χ4n) is 1.76. The van der Waals surface area contributed by atoms with Crippen molar-refractivity contribution in [1.29, 1.82) is 0 Å². The lowest BCUT2D eigenvalue weighted by molar-refractivity contribution is 1.18. The van der Waals surface area contributed by atoms with Gasteiger partial charge in [0.1, 0.15) is 0 Å². The van der Waals surface area contributed by atoms with E-state index in [1.165, 1.54) is 11.5 Å². The van der Waals surface area contributed by atoms with Crippen LogP contribution in [0.2, 0.25) is 0 Å². The van der Waals surface area contributed by atoms with E-state index < -0.39 is 0 Å². The summed E-state index contributed by atoms with van der Waals surface area (Å²) in [6, 6.07) is 10.1. The molecular formula is C13H12N4S. The molecular weight excluding hydrogens is 244 g/mol. The summed E-state index contributed by atoms with van der Waals surface area (Å²) in [6.07, 6.45) is 1.82. The van der Waals surface area contributed by atoms with Crippen molar-refractivity contribution in [1.82, 2.24) is 14.3 Å². The molecule has 2 aromatic heterocycles. The van der Waals surface area contributed by atoms with Crippen molar-refractivity contribution in [2.45, 2.75) is 6.92 Å². The molecule has 3 rings (SSSR count). The Bertz CT molecular complexity index is 677. The molecule has 1 N–H and O–H groups in total. The third-order valence-electron chi connectivity index (χ3n) is 2.60. The quantitative estimate of drug-likeness (QED) is 0.782. The zero-order chi connectivity index (χ0) is 12.4. The molecule has 0 saturated heterocycles. The molecule has 0 spiro atoms. The molecule has 3 aromatic rings. The Morgan fingerprint density at radius 1 is 1.28 bits per heavy atom. The van der Waals surface area contributed by atoms with Crippen LogP contribution in [0.15, 0.2) is 36.5 Å². The molecule has 1 aromatic carbocycles. The SMILES string of the molecule is CCNc1nc(-c2cnc3ccccc3c2)ns1. The number of para-hydroxylation sites is 1. The molecule has 0 unspecified atom stereocenters.